The van der Waals surface area contributed by atoms with E-state index in [1.807, 2.05) is 55.5 Å². The number of carbonyl (C=O) groups is 1. The Balaban J connectivity index is 2.02. The normalized spacial score (nSPS) is 10.6. The molecule has 0 N–H and O–H groups in total. The number of carbonyl (C=O) groups excluding carboxylic acids is 1. The zero-order chi connectivity index (χ0) is 15.1. The number of rotatable bonds is 5. The number of ether oxygens (including phenoxy) is 2. The van der Waals surface area contributed by atoms with E-state index in [4.69, 9.17) is 9.47 Å². The second kappa shape index (κ2) is 7.29. The minimum Gasteiger partial charge on any atom is -0.463 e. The predicted molar refractivity (Wildman–Crippen MR) is 83.4 cm³/mol. The van der Waals surface area contributed by atoms with Gasteiger partial charge in [-0.25, -0.2) is 4.79 Å². The van der Waals surface area contributed by atoms with Gasteiger partial charge in [0.15, 0.2) is 0 Å². The fraction of sp³-hybridized carbons (Fsp3) is 0.167. The predicted octanol–water partition coefficient (Wildman–Crippen LogP) is 4.36. The second-order valence-corrected chi connectivity index (χ2v) is 4.52. The highest BCUT2D eigenvalue weighted by Gasteiger charge is 2.00. The van der Waals surface area contributed by atoms with Crippen LogP contribution in [-0.4, -0.2) is 12.6 Å². The van der Waals surface area contributed by atoms with Gasteiger partial charge in [-0.15, -0.1) is 0 Å². The Labute approximate surface area is 124 Å². The highest BCUT2D eigenvalue weighted by atomic mass is 16.5. The summed E-state index contributed by atoms with van der Waals surface area (Å²) in [7, 11) is 0. The van der Waals surface area contributed by atoms with Crippen LogP contribution in [0.3, 0.4) is 0 Å². The summed E-state index contributed by atoms with van der Waals surface area (Å²) in [6.45, 7) is 4.17. The molecule has 0 unspecified atom stereocenters. The lowest BCUT2D eigenvalue weighted by molar-refractivity contribution is -0.137. The molecule has 0 heterocycles. The molecule has 108 valence electrons. The van der Waals surface area contributed by atoms with Gasteiger partial charge in [0.05, 0.1) is 6.61 Å². The molecule has 3 heteroatoms. The van der Waals surface area contributed by atoms with Gasteiger partial charge in [-0.05, 0) is 49.2 Å². The fourth-order valence-corrected chi connectivity index (χ4v) is 1.80. The number of aryl methyl sites for hydroxylation is 1. The van der Waals surface area contributed by atoms with Crippen LogP contribution in [0.4, 0.5) is 0 Å². The molecule has 0 bridgehead atoms. The van der Waals surface area contributed by atoms with Crippen LogP contribution in [0.1, 0.15) is 18.1 Å². The summed E-state index contributed by atoms with van der Waals surface area (Å²) < 4.78 is 10.6. The lowest BCUT2D eigenvalue weighted by Gasteiger charge is -2.08. The van der Waals surface area contributed by atoms with E-state index < -0.39 is 0 Å². The summed E-state index contributed by atoms with van der Waals surface area (Å²) in [5.74, 6) is 1.27. The van der Waals surface area contributed by atoms with Crippen molar-refractivity contribution in [3.8, 4) is 11.5 Å². The molecule has 0 atom stereocenters. The van der Waals surface area contributed by atoms with Crippen molar-refractivity contribution in [2.45, 2.75) is 13.8 Å². The SMILES string of the molecule is CCOC(=O)/C=C/c1ccc(Oc2ccccc2C)cc1. The fourth-order valence-electron chi connectivity index (χ4n) is 1.80. The summed E-state index contributed by atoms with van der Waals surface area (Å²) in [6.07, 6.45) is 3.14. The topological polar surface area (TPSA) is 35.5 Å². The molecular weight excluding hydrogens is 264 g/mol. The maximum absolute atomic E-state index is 11.2. The number of hydrogen-bond donors (Lipinski definition) is 0. The Morgan fingerprint density at radius 3 is 2.48 bits per heavy atom. The Hall–Kier alpha value is -2.55. The van der Waals surface area contributed by atoms with Crippen molar-refractivity contribution in [2.75, 3.05) is 6.61 Å². The minimum absolute atomic E-state index is 0.335. The molecule has 0 aliphatic heterocycles. The zero-order valence-corrected chi connectivity index (χ0v) is 12.2. The lowest BCUT2D eigenvalue weighted by atomic mass is 10.2. The molecule has 2 aromatic carbocycles. The molecule has 21 heavy (non-hydrogen) atoms. The van der Waals surface area contributed by atoms with E-state index in [1.54, 1.807) is 13.0 Å². The van der Waals surface area contributed by atoms with Crippen molar-refractivity contribution >= 4 is 12.0 Å². The van der Waals surface area contributed by atoms with E-state index in [-0.39, 0.29) is 5.97 Å². The van der Waals surface area contributed by atoms with Gasteiger partial charge in [0.2, 0.25) is 0 Å². The van der Waals surface area contributed by atoms with Gasteiger partial charge in [0.1, 0.15) is 11.5 Å². The third-order valence-electron chi connectivity index (χ3n) is 2.90. The van der Waals surface area contributed by atoms with Crippen LogP contribution in [0.25, 0.3) is 6.08 Å². The van der Waals surface area contributed by atoms with Crippen LogP contribution in [0.15, 0.2) is 54.6 Å². The first-order valence-electron chi connectivity index (χ1n) is 6.87. The number of para-hydroxylation sites is 1. The van der Waals surface area contributed by atoms with Gasteiger partial charge in [0, 0.05) is 6.08 Å². The van der Waals surface area contributed by atoms with E-state index in [9.17, 15) is 4.79 Å². The Bertz CT molecular complexity index is 627. The summed E-state index contributed by atoms with van der Waals surface area (Å²) in [5, 5.41) is 0. The molecular formula is C18H18O3. The van der Waals surface area contributed by atoms with Crippen molar-refractivity contribution in [1.82, 2.24) is 0 Å². The quantitative estimate of drug-likeness (QED) is 0.603. The maximum atomic E-state index is 11.2. The molecule has 0 amide bonds. The lowest BCUT2D eigenvalue weighted by Crippen LogP contribution is -1.98. The van der Waals surface area contributed by atoms with Gasteiger partial charge in [-0.1, -0.05) is 30.3 Å². The highest BCUT2D eigenvalue weighted by molar-refractivity contribution is 5.87. The highest BCUT2D eigenvalue weighted by Crippen LogP contribution is 2.24. The molecule has 0 saturated heterocycles. The van der Waals surface area contributed by atoms with E-state index in [0.29, 0.717) is 6.61 Å². The van der Waals surface area contributed by atoms with Crippen LogP contribution >= 0.6 is 0 Å². The van der Waals surface area contributed by atoms with Crippen molar-refractivity contribution in [2.24, 2.45) is 0 Å². The third-order valence-corrected chi connectivity index (χ3v) is 2.90. The van der Waals surface area contributed by atoms with Gasteiger partial charge in [0.25, 0.3) is 0 Å². The molecule has 3 nitrogen and oxygen atoms in total. The molecule has 2 aromatic rings. The molecule has 0 saturated carbocycles. The number of esters is 1. The first-order valence-corrected chi connectivity index (χ1v) is 6.87. The van der Waals surface area contributed by atoms with E-state index in [2.05, 4.69) is 0 Å². The van der Waals surface area contributed by atoms with Gasteiger partial charge in [-0.2, -0.15) is 0 Å². The standard InChI is InChI=1S/C18H18O3/c1-3-20-18(19)13-10-15-8-11-16(12-9-15)21-17-7-5-4-6-14(17)2/h4-13H,3H2,1-2H3/b13-10+. The van der Waals surface area contributed by atoms with Gasteiger partial charge < -0.3 is 9.47 Å². The number of hydrogen-bond acceptors (Lipinski definition) is 3. The molecule has 0 spiro atoms. The average molecular weight is 282 g/mol. The smallest absolute Gasteiger partial charge is 0.330 e. The van der Waals surface area contributed by atoms with Gasteiger partial charge in [-0.3, -0.25) is 0 Å². The van der Waals surface area contributed by atoms with Gasteiger partial charge >= 0.3 is 5.97 Å². The largest absolute Gasteiger partial charge is 0.463 e. The van der Waals surface area contributed by atoms with E-state index >= 15 is 0 Å². The molecule has 0 aromatic heterocycles. The van der Waals surface area contributed by atoms with Crippen LogP contribution in [-0.2, 0) is 9.53 Å². The van der Waals surface area contributed by atoms with Crippen molar-refractivity contribution < 1.29 is 14.3 Å². The molecule has 0 fully saturated rings. The molecule has 0 aliphatic carbocycles. The summed E-state index contributed by atoms with van der Waals surface area (Å²) in [6, 6.07) is 15.4. The number of benzene rings is 2. The van der Waals surface area contributed by atoms with Crippen LogP contribution < -0.4 is 4.74 Å². The van der Waals surface area contributed by atoms with Crippen LogP contribution in [0.5, 0.6) is 11.5 Å². The summed E-state index contributed by atoms with van der Waals surface area (Å²) in [4.78, 5) is 11.2. The molecule has 0 radical (unpaired) electrons. The first-order chi connectivity index (χ1) is 10.2. The average Bonchev–Trinajstić information content (AvgIpc) is 2.49. The summed E-state index contributed by atoms with van der Waals surface area (Å²) >= 11 is 0. The zero-order valence-electron chi connectivity index (χ0n) is 12.2. The van der Waals surface area contributed by atoms with Crippen molar-refractivity contribution in [1.29, 1.82) is 0 Å². The second-order valence-electron chi connectivity index (χ2n) is 4.52. The minimum atomic E-state index is -0.335. The monoisotopic (exact) mass is 282 g/mol. The van der Waals surface area contributed by atoms with E-state index in [0.717, 1.165) is 22.6 Å². The Morgan fingerprint density at radius 2 is 1.81 bits per heavy atom. The maximum Gasteiger partial charge on any atom is 0.330 e. The van der Waals surface area contributed by atoms with Crippen molar-refractivity contribution in [3.63, 3.8) is 0 Å². The van der Waals surface area contributed by atoms with Crippen molar-refractivity contribution in [3.05, 3.63) is 65.7 Å². The van der Waals surface area contributed by atoms with Crippen LogP contribution in [0, 0.1) is 6.92 Å². The third kappa shape index (κ3) is 4.49. The molecule has 2 rings (SSSR count). The summed E-state index contributed by atoms with van der Waals surface area (Å²) in [5.41, 5.74) is 2.00. The van der Waals surface area contributed by atoms with Crippen LogP contribution in [0.2, 0.25) is 0 Å². The Morgan fingerprint density at radius 1 is 1.10 bits per heavy atom. The Kier molecular flexibility index (Phi) is 5.16. The molecule has 0 aliphatic rings. The first kappa shape index (κ1) is 14.9. The van der Waals surface area contributed by atoms with E-state index in [1.165, 1.54) is 6.08 Å².